The van der Waals surface area contributed by atoms with E-state index in [1.165, 1.54) is 22.3 Å². The maximum absolute atomic E-state index is 10.5. The van der Waals surface area contributed by atoms with Crippen LogP contribution in [0.15, 0.2) is 12.1 Å². The minimum absolute atomic E-state index is 0.174. The number of phenols is 2. The van der Waals surface area contributed by atoms with E-state index in [9.17, 15) is 10.2 Å². The highest BCUT2D eigenvalue weighted by Crippen LogP contribution is 2.54. The third kappa shape index (κ3) is 1.89. The van der Waals surface area contributed by atoms with E-state index >= 15 is 0 Å². The highest BCUT2D eigenvalue weighted by molar-refractivity contribution is 5.68. The molecule has 0 unspecified atom stereocenters. The highest BCUT2D eigenvalue weighted by Gasteiger charge is 2.44. The molecule has 2 heteroatoms. The first-order valence-electron chi connectivity index (χ1n) is 8.60. The summed E-state index contributed by atoms with van der Waals surface area (Å²) < 4.78 is 0. The summed E-state index contributed by atoms with van der Waals surface area (Å²) in [5, 5.41) is 21.1. The first-order valence-corrected chi connectivity index (χ1v) is 8.60. The van der Waals surface area contributed by atoms with E-state index in [2.05, 4.69) is 39.8 Å². The van der Waals surface area contributed by atoms with Crippen LogP contribution in [0, 0.1) is 27.7 Å². The third-order valence-electron chi connectivity index (χ3n) is 6.06. The quantitative estimate of drug-likeness (QED) is 0.690. The molecule has 0 saturated carbocycles. The van der Waals surface area contributed by atoms with E-state index in [-0.39, 0.29) is 10.8 Å². The van der Waals surface area contributed by atoms with Gasteiger partial charge in [0.1, 0.15) is 11.5 Å². The largest absolute Gasteiger partial charge is 0.507 e. The summed E-state index contributed by atoms with van der Waals surface area (Å²) in [5.41, 5.74) is 8.23. The lowest BCUT2D eigenvalue weighted by Gasteiger charge is -2.46. The fourth-order valence-corrected chi connectivity index (χ4v) is 4.81. The van der Waals surface area contributed by atoms with Crippen LogP contribution in [0.25, 0.3) is 0 Å². The highest BCUT2D eigenvalue weighted by atomic mass is 16.3. The molecule has 1 aliphatic carbocycles. The second-order valence-electron chi connectivity index (χ2n) is 8.43. The maximum Gasteiger partial charge on any atom is 0.121 e. The molecule has 2 aromatic carbocycles. The van der Waals surface area contributed by atoms with Gasteiger partial charge in [0, 0.05) is 10.8 Å². The number of aromatic hydroxyl groups is 2. The second-order valence-corrected chi connectivity index (χ2v) is 8.43. The Morgan fingerprint density at radius 3 is 1.29 bits per heavy atom. The zero-order valence-corrected chi connectivity index (χ0v) is 16.0. The fraction of sp³-hybridized carbons (Fsp3) is 0.455. The van der Waals surface area contributed by atoms with Gasteiger partial charge in [-0.15, -0.1) is 0 Å². The van der Waals surface area contributed by atoms with Gasteiger partial charge < -0.3 is 10.2 Å². The molecule has 128 valence electrons. The minimum Gasteiger partial charge on any atom is -0.507 e. The first-order chi connectivity index (χ1) is 10.9. The number of rotatable bonds is 0. The summed E-state index contributed by atoms with van der Waals surface area (Å²) in [5.74, 6) is 0.769. The normalized spacial score (nSPS) is 17.3. The van der Waals surface area contributed by atoms with Crippen molar-refractivity contribution in [2.75, 3.05) is 0 Å². The molecule has 0 radical (unpaired) electrons. The van der Waals surface area contributed by atoms with E-state index in [0.29, 0.717) is 11.5 Å². The predicted molar refractivity (Wildman–Crippen MR) is 99.4 cm³/mol. The van der Waals surface area contributed by atoms with Crippen LogP contribution in [0.4, 0.5) is 0 Å². The van der Waals surface area contributed by atoms with E-state index in [4.69, 9.17) is 0 Å². The molecule has 0 fully saturated rings. The van der Waals surface area contributed by atoms with Crippen LogP contribution in [0.1, 0.15) is 72.2 Å². The molecular formula is C22H28O2. The molecule has 0 bridgehead atoms. The Morgan fingerprint density at radius 1 is 0.625 bits per heavy atom. The topological polar surface area (TPSA) is 40.5 Å². The summed E-state index contributed by atoms with van der Waals surface area (Å²) in [6.45, 7) is 16.8. The van der Waals surface area contributed by atoms with Gasteiger partial charge in [-0.25, -0.2) is 0 Å². The van der Waals surface area contributed by atoms with Crippen molar-refractivity contribution < 1.29 is 10.2 Å². The summed E-state index contributed by atoms with van der Waals surface area (Å²) >= 11 is 0. The van der Waals surface area contributed by atoms with E-state index in [1.807, 2.05) is 27.7 Å². The molecule has 0 saturated heterocycles. The van der Waals surface area contributed by atoms with Crippen molar-refractivity contribution in [1.29, 1.82) is 0 Å². The zero-order valence-electron chi connectivity index (χ0n) is 16.0. The average molecular weight is 324 g/mol. The Hall–Kier alpha value is -1.96. The number of hydrogen-bond donors (Lipinski definition) is 2. The van der Waals surface area contributed by atoms with Crippen LogP contribution < -0.4 is 0 Å². The number of fused-ring (bicyclic) bond motifs is 2. The Bertz CT molecular complexity index is 801. The van der Waals surface area contributed by atoms with Crippen LogP contribution in [0.2, 0.25) is 0 Å². The molecule has 2 aromatic rings. The number of hydrogen-bond acceptors (Lipinski definition) is 2. The van der Waals surface area contributed by atoms with Crippen molar-refractivity contribution in [3.63, 3.8) is 0 Å². The molecular weight excluding hydrogens is 296 g/mol. The van der Waals surface area contributed by atoms with Crippen molar-refractivity contribution in [1.82, 2.24) is 0 Å². The Balaban J connectivity index is 2.54. The van der Waals surface area contributed by atoms with E-state index in [0.717, 1.165) is 22.3 Å². The van der Waals surface area contributed by atoms with Gasteiger partial charge in [-0.3, -0.25) is 0 Å². The van der Waals surface area contributed by atoms with Crippen molar-refractivity contribution in [2.24, 2.45) is 0 Å². The summed E-state index contributed by atoms with van der Waals surface area (Å²) in [7, 11) is 0. The Morgan fingerprint density at radius 2 is 0.958 bits per heavy atom. The minimum atomic E-state index is -0.273. The first kappa shape index (κ1) is 16.9. The monoisotopic (exact) mass is 324 g/mol. The lowest BCUT2D eigenvalue weighted by Crippen LogP contribution is -2.38. The maximum atomic E-state index is 10.5. The molecule has 2 N–H and O–H groups in total. The SMILES string of the molecule is Cc1cc2c(c(C)c1O)C(C)(C)c1c(cc(C)c(O)c1C)C2(C)C. The number of aryl methyl sites for hydroxylation is 2. The van der Waals surface area contributed by atoms with Gasteiger partial charge in [0.15, 0.2) is 0 Å². The molecule has 0 aliphatic heterocycles. The van der Waals surface area contributed by atoms with Gasteiger partial charge in [0.05, 0.1) is 0 Å². The second kappa shape index (κ2) is 4.78. The van der Waals surface area contributed by atoms with E-state index in [1.54, 1.807) is 0 Å². The molecule has 0 atom stereocenters. The Kier molecular flexibility index (Phi) is 3.36. The van der Waals surface area contributed by atoms with Gasteiger partial charge in [0.25, 0.3) is 0 Å². The van der Waals surface area contributed by atoms with Crippen molar-refractivity contribution in [3.8, 4) is 11.5 Å². The predicted octanol–water partition coefficient (Wildman–Crippen LogP) is 5.30. The average Bonchev–Trinajstić information content (AvgIpc) is 2.47. The van der Waals surface area contributed by atoms with Crippen LogP contribution in [0.5, 0.6) is 11.5 Å². The summed E-state index contributed by atoms with van der Waals surface area (Å²) in [6, 6.07) is 4.28. The smallest absolute Gasteiger partial charge is 0.121 e. The summed E-state index contributed by atoms with van der Waals surface area (Å²) in [4.78, 5) is 0. The molecule has 3 rings (SSSR count). The van der Waals surface area contributed by atoms with Gasteiger partial charge in [-0.05, 0) is 72.2 Å². The lowest BCUT2D eigenvalue weighted by molar-refractivity contribution is 0.446. The fourth-order valence-electron chi connectivity index (χ4n) is 4.81. The van der Waals surface area contributed by atoms with Crippen molar-refractivity contribution >= 4 is 0 Å². The van der Waals surface area contributed by atoms with Crippen LogP contribution in [0.3, 0.4) is 0 Å². The molecule has 0 aromatic heterocycles. The molecule has 0 spiro atoms. The molecule has 1 aliphatic rings. The van der Waals surface area contributed by atoms with Crippen LogP contribution >= 0.6 is 0 Å². The van der Waals surface area contributed by atoms with Gasteiger partial charge in [-0.2, -0.15) is 0 Å². The molecule has 24 heavy (non-hydrogen) atoms. The standard InChI is InChI=1S/C22H28O2/c1-11-9-15-17(13(3)19(11)23)22(7,8)18-14(4)20(24)12(2)10-16(18)21(15,5)6/h9-10,23-24H,1-8H3. The third-order valence-corrected chi connectivity index (χ3v) is 6.06. The van der Waals surface area contributed by atoms with Gasteiger partial charge in [0.2, 0.25) is 0 Å². The molecule has 0 amide bonds. The van der Waals surface area contributed by atoms with E-state index < -0.39 is 0 Å². The Labute approximate surface area is 145 Å². The number of phenolic OH excluding ortho intramolecular Hbond substituents is 2. The van der Waals surface area contributed by atoms with Crippen molar-refractivity contribution in [2.45, 2.75) is 66.2 Å². The van der Waals surface area contributed by atoms with Crippen LogP contribution in [-0.2, 0) is 10.8 Å². The number of benzene rings is 2. The summed E-state index contributed by atoms with van der Waals surface area (Å²) in [6.07, 6.45) is 0. The van der Waals surface area contributed by atoms with Crippen molar-refractivity contribution in [3.05, 3.63) is 56.6 Å². The zero-order chi connectivity index (χ0) is 18.2. The molecule has 2 nitrogen and oxygen atoms in total. The van der Waals surface area contributed by atoms with Gasteiger partial charge in [-0.1, -0.05) is 39.8 Å². The van der Waals surface area contributed by atoms with Crippen LogP contribution in [-0.4, -0.2) is 10.2 Å². The van der Waals surface area contributed by atoms with Gasteiger partial charge >= 0.3 is 0 Å². The lowest BCUT2D eigenvalue weighted by atomic mass is 9.57. The molecule has 0 heterocycles.